The monoisotopic (exact) mass is 275 g/mol. The summed E-state index contributed by atoms with van der Waals surface area (Å²) in [6, 6.07) is 5.40. The molecule has 1 rings (SSSR count). The van der Waals surface area contributed by atoms with Crippen LogP contribution in [-0.2, 0) is 10.9 Å². The normalized spacial score (nSPS) is 15.3. The predicted molar refractivity (Wildman–Crippen MR) is 68.9 cm³/mol. The molecule has 1 N–H and O–H groups in total. The van der Waals surface area contributed by atoms with Crippen LogP contribution in [0, 0.1) is 0 Å². The van der Waals surface area contributed by atoms with Gasteiger partial charge in [0.25, 0.3) is 0 Å². The van der Waals surface area contributed by atoms with E-state index in [2.05, 4.69) is 5.32 Å². The summed E-state index contributed by atoms with van der Waals surface area (Å²) < 4.78 is 43.0. The Labute approximate surface area is 112 Å². The van der Waals surface area contributed by atoms with Gasteiger partial charge in [0.2, 0.25) is 0 Å². The van der Waals surface area contributed by atoms with Crippen LogP contribution in [0.2, 0.25) is 0 Å². The SMILES string of the molecule is CCC(COC)NC(C)c1cccc(C(F)(F)F)c1. The maximum Gasteiger partial charge on any atom is 0.416 e. The van der Waals surface area contributed by atoms with Crippen LogP contribution in [0.1, 0.15) is 37.4 Å². The zero-order valence-corrected chi connectivity index (χ0v) is 11.4. The maximum atomic E-state index is 12.6. The molecule has 0 aromatic heterocycles. The fourth-order valence-corrected chi connectivity index (χ4v) is 1.92. The van der Waals surface area contributed by atoms with Crippen molar-refractivity contribution in [3.63, 3.8) is 0 Å². The van der Waals surface area contributed by atoms with E-state index in [1.54, 1.807) is 13.2 Å². The van der Waals surface area contributed by atoms with Gasteiger partial charge in [-0.15, -0.1) is 0 Å². The van der Waals surface area contributed by atoms with E-state index in [1.165, 1.54) is 12.1 Å². The third-order valence-electron chi connectivity index (χ3n) is 3.06. The minimum atomic E-state index is -4.30. The first-order chi connectivity index (χ1) is 8.88. The minimum absolute atomic E-state index is 0.134. The smallest absolute Gasteiger partial charge is 0.383 e. The summed E-state index contributed by atoms with van der Waals surface area (Å²) >= 11 is 0. The highest BCUT2D eigenvalue weighted by atomic mass is 19.4. The number of nitrogens with one attached hydrogen (secondary N) is 1. The van der Waals surface area contributed by atoms with E-state index in [4.69, 9.17) is 4.74 Å². The lowest BCUT2D eigenvalue weighted by Crippen LogP contribution is -2.34. The van der Waals surface area contributed by atoms with Gasteiger partial charge in [-0.1, -0.05) is 19.1 Å². The summed E-state index contributed by atoms with van der Waals surface area (Å²) in [7, 11) is 1.61. The molecule has 2 unspecified atom stereocenters. The molecule has 1 aromatic rings. The van der Waals surface area contributed by atoms with Crippen molar-refractivity contribution in [1.82, 2.24) is 5.32 Å². The van der Waals surface area contributed by atoms with Crippen LogP contribution in [0.15, 0.2) is 24.3 Å². The summed E-state index contributed by atoms with van der Waals surface area (Å²) in [5.74, 6) is 0. The summed E-state index contributed by atoms with van der Waals surface area (Å²) in [6.07, 6.45) is -3.44. The van der Waals surface area contributed by atoms with Gasteiger partial charge < -0.3 is 10.1 Å². The Kier molecular flexibility index (Phi) is 5.82. The topological polar surface area (TPSA) is 21.3 Å². The number of benzene rings is 1. The van der Waals surface area contributed by atoms with Crippen LogP contribution in [0.3, 0.4) is 0 Å². The third kappa shape index (κ3) is 4.84. The highest BCUT2D eigenvalue weighted by molar-refractivity contribution is 5.27. The lowest BCUT2D eigenvalue weighted by Gasteiger charge is -2.22. The Morgan fingerprint density at radius 1 is 1.32 bits per heavy atom. The van der Waals surface area contributed by atoms with Crippen LogP contribution < -0.4 is 5.32 Å². The van der Waals surface area contributed by atoms with Crippen LogP contribution in [0.4, 0.5) is 13.2 Å². The van der Waals surface area contributed by atoms with Crippen LogP contribution >= 0.6 is 0 Å². The van der Waals surface area contributed by atoms with E-state index in [9.17, 15) is 13.2 Å². The average Bonchev–Trinajstić information content (AvgIpc) is 2.37. The molecule has 0 radical (unpaired) electrons. The third-order valence-corrected chi connectivity index (χ3v) is 3.06. The molecule has 1 aromatic carbocycles. The Balaban J connectivity index is 2.79. The van der Waals surface area contributed by atoms with Crippen molar-refractivity contribution in [1.29, 1.82) is 0 Å². The van der Waals surface area contributed by atoms with Crippen molar-refractivity contribution in [3.8, 4) is 0 Å². The number of hydrogen-bond acceptors (Lipinski definition) is 2. The maximum absolute atomic E-state index is 12.6. The number of hydrogen-bond donors (Lipinski definition) is 1. The fraction of sp³-hybridized carbons (Fsp3) is 0.571. The molecule has 0 aliphatic rings. The molecule has 2 atom stereocenters. The van der Waals surface area contributed by atoms with E-state index in [0.717, 1.165) is 12.5 Å². The number of alkyl halides is 3. The van der Waals surface area contributed by atoms with E-state index in [1.807, 2.05) is 13.8 Å². The molecule has 0 bridgehead atoms. The molecule has 0 fully saturated rings. The van der Waals surface area contributed by atoms with Crippen molar-refractivity contribution in [2.24, 2.45) is 0 Å². The lowest BCUT2D eigenvalue weighted by atomic mass is 10.0. The standard InChI is InChI=1S/C14H20F3NO/c1-4-13(9-19-3)18-10(2)11-6-5-7-12(8-11)14(15,16)17/h5-8,10,13,18H,4,9H2,1-3H3. The summed E-state index contributed by atoms with van der Waals surface area (Å²) in [4.78, 5) is 0. The Hall–Kier alpha value is -1.07. The number of methoxy groups -OCH3 is 1. The minimum Gasteiger partial charge on any atom is -0.383 e. The average molecular weight is 275 g/mol. The molecule has 2 nitrogen and oxygen atoms in total. The highest BCUT2D eigenvalue weighted by Crippen LogP contribution is 2.30. The zero-order valence-electron chi connectivity index (χ0n) is 11.4. The molecular weight excluding hydrogens is 255 g/mol. The summed E-state index contributed by atoms with van der Waals surface area (Å²) in [5, 5.41) is 3.27. The van der Waals surface area contributed by atoms with Crippen LogP contribution in [-0.4, -0.2) is 19.8 Å². The van der Waals surface area contributed by atoms with Gasteiger partial charge in [0.05, 0.1) is 12.2 Å². The number of ether oxygens (including phenoxy) is 1. The van der Waals surface area contributed by atoms with Gasteiger partial charge in [-0.3, -0.25) is 0 Å². The van der Waals surface area contributed by atoms with Crippen LogP contribution in [0.25, 0.3) is 0 Å². The fourth-order valence-electron chi connectivity index (χ4n) is 1.92. The highest BCUT2D eigenvalue weighted by Gasteiger charge is 2.30. The van der Waals surface area contributed by atoms with Crippen molar-refractivity contribution >= 4 is 0 Å². The zero-order chi connectivity index (χ0) is 14.5. The van der Waals surface area contributed by atoms with Crippen molar-refractivity contribution in [3.05, 3.63) is 35.4 Å². The molecule has 0 saturated carbocycles. The van der Waals surface area contributed by atoms with Gasteiger partial charge in [-0.25, -0.2) is 0 Å². The van der Waals surface area contributed by atoms with Crippen molar-refractivity contribution < 1.29 is 17.9 Å². The van der Waals surface area contributed by atoms with Gasteiger partial charge in [0.15, 0.2) is 0 Å². The molecule has 0 spiro atoms. The summed E-state index contributed by atoms with van der Waals surface area (Å²) in [6.45, 7) is 4.41. The van der Waals surface area contributed by atoms with Gasteiger partial charge in [-0.05, 0) is 31.0 Å². The Morgan fingerprint density at radius 3 is 2.53 bits per heavy atom. The Morgan fingerprint density at radius 2 is 2.00 bits per heavy atom. The van der Waals surface area contributed by atoms with E-state index in [-0.39, 0.29) is 12.1 Å². The molecule has 5 heteroatoms. The van der Waals surface area contributed by atoms with Gasteiger partial charge >= 0.3 is 6.18 Å². The molecule has 0 amide bonds. The molecule has 0 heterocycles. The molecule has 0 aliphatic carbocycles. The Bertz CT molecular complexity index is 393. The quantitative estimate of drug-likeness (QED) is 0.853. The second kappa shape index (κ2) is 6.91. The molecule has 0 aliphatic heterocycles. The first kappa shape index (κ1) is 16.0. The number of rotatable bonds is 6. The first-order valence-corrected chi connectivity index (χ1v) is 6.30. The molecule has 108 valence electrons. The molecule has 0 saturated heterocycles. The lowest BCUT2D eigenvalue weighted by molar-refractivity contribution is -0.137. The molecule has 19 heavy (non-hydrogen) atoms. The summed E-state index contributed by atoms with van der Waals surface area (Å²) in [5.41, 5.74) is 0.0165. The first-order valence-electron chi connectivity index (χ1n) is 6.30. The predicted octanol–water partition coefficient (Wildman–Crippen LogP) is 3.78. The van der Waals surface area contributed by atoms with Gasteiger partial charge in [0.1, 0.15) is 0 Å². The van der Waals surface area contributed by atoms with Gasteiger partial charge in [0, 0.05) is 19.2 Å². The second-order valence-corrected chi connectivity index (χ2v) is 4.57. The van der Waals surface area contributed by atoms with Crippen LogP contribution in [0.5, 0.6) is 0 Å². The van der Waals surface area contributed by atoms with Crippen molar-refractivity contribution in [2.45, 2.75) is 38.5 Å². The van der Waals surface area contributed by atoms with E-state index >= 15 is 0 Å². The van der Waals surface area contributed by atoms with E-state index < -0.39 is 11.7 Å². The second-order valence-electron chi connectivity index (χ2n) is 4.57. The largest absolute Gasteiger partial charge is 0.416 e. The number of halogens is 3. The van der Waals surface area contributed by atoms with E-state index in [0.29, 0.717) is 12.2 Å². The molecular formula is C14H20F3NO. The van der Waals surface area contributed by atoms with Gasteiger partial charge in [-0.2, -0.15) is 13.2 Å². The van der Waals surface area contributed by atoms with Crippen molar-refractivity contribution in [2.75, 3.05) is 13.7 Å².